The van der Waals surface area contributed by atoms with Gasteiger partial charge in [0.1, 0.15) is 6.54 Å². The molecule has 1 aromatic heterocycles. The second kappa shape index (κ2) is 6.84. The highest BCUT2D eigenvalue weighted by atomic mass is 35.5. The number of fused-ring (bicyclic) bond motifs is 1. The van der Waals surface area contributed by atoms with E-state index in [0.717, 1.165) is 10.9 Å². The molecule has 6 heteroatoms. The van der Waals surface area contributed by atoms with E-state index >= 15 is 0 Å². The molecule has 0 saturated carbocycles. The van der Waals surface area contributed by atoms with Gasteiger partial charge in [0.2, 0.25) is 5.91 Å². The molecule has 1 heterocycles. The molecule has 122 valence electrons. The molecule has 1 atom stereocenters. The number of carbonyl (C=O) groups is 1. The van der Waals surface area contributed by atoms with Crippen LogP contribution in [0.3, 0.4) is 0 Å². The van der Waals surface area contributed by atoms with Gasteiger partial charge in [-0.25, -0.2) is 4.68 Å². The van der Waals surface area contributed by atoms with E-state index in [9.17, 15) is 9.59 Å². The van der Waals surface area contributed by atoms with Crippen LogP contribution in [0.2, 0.25) is 5.02 Å². The standard InChI is InChI=1S/C18H16ClN3O2/c1-12(13-6-8-15(19)9-7-13)21-17(23)11-22-18(24)16-5-3-2-4-14(16)10-20-22/h2-10,12H,11H2,1H3,(H,21,23). The van der Waals surface area contributed by atoms with Crippen molar-refractivity contribution in [1.82, 2.24) is 15.1 Å². The van der Waals surface area contributed by atoms with Gasteiger partial charge >= 0.3 is 0 Å². The van der Waals surface area contributed by atoms with Gasteiger partial charge in [0, 0.05) is 10.4 Å². The number of amides is 1. The lowest BCUT2D eigenvalue weighted by atomic mass is 10.1. The lowest BCUT2D eigenvalue weighted by Gasteiger charge is -2.15. The van der Waals surface area contributed by atoms with Gasteiger partial charge in [-0.05, 0) is 30.7 Å². The summed E-state index contributed by atoms with van der Waals surface area (Å²) in [7, 11) is 0. The number of benzene rings is 2. The van der Waals surface area contributed by atoms with Gasteiger partial charge in [0.05, 0.1) is 17.6 Å². The van der Waals surface area contributed by atoms with Gasteiger partial charge in [0.15, 0.2) is 0 Å². The molecule has 1 amide bonds. The Bertz CT molecular complexity index is 935. The average Bonchev–Trinajstić information content (AvgIpc) is 2.58. The Hall–Kier alpha value is -2.66. The maximum Gasteiger partial charge on any atom is 0.275 e. The van der Waals surface area contributed by atoms with E-state index < -0.39 is 0 Å². The molecule has 0 radical (unpaired) electrons. The minimum absolute atomic E-state index is 0.123. The Morgan fingerprint density at radius 3 is 2.67 bits per heavy atom. The number of nitrogens with one attached hydrogen (secondary N) is 1. The van der Waals surface area contributed by atoms with Crippen LogP contribution in [-0.2, 0) is 11.3 Å². The predicted octanol–water partition coefficient (Wildman–Crippen LogP) is 2.93. The monoisotopic (exact) mass is 341 g/mol. The van der Waals surface area contributed by atoms with Crippen molar-refractivity contribution < 1.29 is 4.79 Å². The minimum atomic E-state index is -0.276. The summed E-state index contributed by atoms with van der Waals surface area (Å²) in [6.45, 7) is 1.75. The molecule has 0 spiro atoms. The van der Waals surface area contributed by atoms with E-state index in [-0.39, 0.29) is 24.1 Å². The molecule has 1 unspecified atom stereocenters. The van der Waals surface area contributed by atoms with Crippen LogP contribution in [0.5, 0.6) is 0 Å². The number of hydrogen-bond donors (Lipinski definition) is 1. The van der Waals surface area contributed by atoms with Crippen molar-refractivity contribution in [2.75, 3.05) is 0 Å². The van der Waals surface area contributed by atoms with Gasteiger partial charge in [-0.3, -0.25) is 9.59 Å². The fraction of sp³-hybridized carbons (Fsp3) is 0.167. The number of nitrogens with zero attached hydrogens (tertiary/aromatic N) is 2. The number of carbonyl (C=O) groups excluding carboxylic acids is 1. The highest BCUT2D eigenvalue weighted by molar-refractivity contribution is 6.30. The summed E-state index contributed by atoms with van der Waals surface area (Å²) < 4.78 is 1.17. The van der Waals surface area contributed by atoms with Crippen molar-refractivity contribution >= 4 is 28.3 Å². The third-order valence-corrected chi connectivity index (χ3v) is 4.05. The first-order valence-corrected chi connectivity index (χ1v) is 7.92. The summed E-state index contributed by atoms with van der Waals surface area (Å²) in [4.78, 5) is 24.6. The van der Waals surface area contributed by atoms with Gasteiger partial charge in [-0.2, -0.15) is 5.10 Å². The van der Waals surface area contributed by atoms with E-state index in [2.05, 4.69) is 10.4 Å². The zero-order valence-electron chi connectivity index (χ0n) is 13.1. The van der Waals surface area contributed by atoms with Crippen LogP contribution in [0.15, 0.2) is 59.5 Å². The second-order valence-corrected chi connectivity index (χ2v) is 5.97. The van der Waals surface area contributed by atoms with Crippen molar-refractivity contribution in [2.45, 2.75) is 19.5 Å². The molecule has 2 aromatic carbocycles. The highest BCUT2D eigenvalue weighted by Gasteiger charge is 2.12. The smallest absolute Gasteiger partial charge is 0.275 e. The summed E-state index contributed by atoms with van der Waals surface area (Å²) in [5, 5.41) is 8.87. The van der Waals surface area contributed by atoms with Crippen LogP contribution < -0.4 is 10.9 Å². The number of aromatic nitrogens is 2. The Labute approximate surface area is 143 Å². The minimum Gasteiger partial charge on any atom is -0.348 e. The molecule has 0 saturated heterocycles. The van der Waals surface area contributed by atoms with Crippen molar-refractivity contribution in [3.8, 4) is 0 Å². The summed E-state index contributed by atoms with van der Waals surface area (Å²) in [5.41, 5.74) is 0.661. The van der Waals surface area contributed by atoms with Crippen LogP contribution in [0, 0.1) is 0 Å². The number of halogens is 1. The molecule has 3 rings (SSSR count). The second-order valence-electron chi connectivity index (χ2n) is 5.54. The molecule has 5 nitrogen and oxygen atoms in total. The first-order chi connectivity index (χ1) is 11.5. The number of hydrogen-bond acceptors (Lipinski definition) is 3. The Kier molecular flexibility index (Phi) is 4.62. The molecule has 0 aliphatic heterocycles. The van der Waals surface area contributed by atoms with Crippen LogP contribution in [0.4, 0.5) is 0 Å². The maximum absolute atomic E-state index is 12.4. The lowest BCUT2D eigenvalue weighted by molar-refractivity contribution is -0.122. The van der Waals surface area contributed by atoms with Gasteiger partial charge < -0.3 is 5.32 Å². The normalized spacial score (nSPS) is 12.1. The quantitative estimate of drug-likeness (QED) is 0.793. The first kappa shape index (κ1) is 16.2. The molecule has 0 aliphatic rings. The van der Waals surface area contributed by atoms with E-state index in [1.807, 2.05) is 31.2 Å². The Morgan fingerprint density at radius 2 is 1.92 bits per heavy atom. The molecule has 0 aliphatic carbocycles. The van der Waals surface area contributed by atoms with E-state index in [1.54, 1.807) is 30.5 Å². The SMILES string of the molecule is CC(NC(=O)Cn1ncc2ccccc2c1=O)c1ccc(Cl)cc1. The summed E-state index contributed by atoms with van der Waals surface area (Å²) in [5.74, 6) is -0.276. The highest BCUT2D eigenvalue weighted by Crippen LogP contribution is 2.16. The first-order valence-electron chi connectivity index (χ1n) is 7.54. The molecule has 1 N–H and O–H groups in total. The van der Waals surface area contributed by atoms with E-state index in [4.69, 9.17) is 11.6 Å². The zero-order chi connectivity index (χ0) is 17.1. The molecular weight excluding hydrogens is 326 g/mol. The Balaban J connectivity index is 1.74. The van der Waals surface area contributed by atoms with Gasteiger partial charge in [0.25, 0.3) is 5.56 Å². The predicted molar refractivity (Wildman–Crippen MR) is 94.0 cm³/mol. The van der Waals surface area contributed by atoms with Crippen molar-refractivity contribution in [3.63, 3.8) is 0 Å². The fourth-order valence-electron chi connectivity index (χ4n) is 2.50. The molecular formula is C18H16ClN3O2. The average molecular weight is 342 g/mol. The topological polar surface area (TPSA) is 64.0 Å². The third kappa shape index (κ3) is 3.46. The van der Waals surface area contributed by atoms with Crippen LogP contribution in [0.1, 0.15) is 18.5 Å². The van der Waals surface area contributed by atoms with Crippen LogP contribution in [-0.4, -0.2) is 15.7 Å². The zero-order valence-corrected chi connectivity index (χ0v) is 13.8. The summed E-state index contributed by atoms with van der Waals surface area (Å²) >= 11 is 5.86. The number of rotatable bonds is 4. The molecule has 3 aromatic rings. The van der Waals surface area contributed by atoms with E-state index in [1.165, 1.54) is 4.68 Å². The van der Waals surface area contributed by atoms with Gasteiger partial charge in [-0.15, -0.1) is 0 Å². The van der Waals surface area contributed by atoms with E-state index in [0.29, 0.717) is 10.4 Å². The summed E-state index contributed by atoms with van der Waals surface area (Å²) in [6.07, 6.45) is 1.59. The van der Waals surface area contributed by atoms with Crippen molar-refractivity contribution in [1.29, 1.82) is 0 Å². The van der Waals surface area contributed by atoms with Crippen molar-refractivity contribution in [2.24, 2.45) is 0 Å². The van der Waals surface area contributed by atoms with Crippen molar-refractivity contribution in [3.05, 3.63) is 75.7 Å². The van der Waals surface area contributed by atoms with Gasteiger partial charge in [-0.1, -0.05) is 41.9 Å². The Morgan fingerprint density at radius 1 is 1.21 bits per heavy atom. The maximum atomic E-state index is 12.4. The fourth-order valence-corrected chi connectivity index (χ4v) is 2.62. The lowest BCUT2D eigenvalue weighted by Crippen LogP contribution is -2.34. The van der Waals surface area contributed by atoms with Crippen LogP contribution >= 0.6 is 11.6 Å². The molecule has 0 bridgehead atoms. The molecule has 24 heavy (non-hydrogen) atoms. The third-order valence-electron chi connectivity index (χ3n) is 3.80. The summed E-state index contributed by atoms with van der Waals surface area (Å²) in [6, 6.07) is 14.2. The van der Waals surface area contributed by atoms with Crippen LogP contribution in [0.25, 0.3) is 10.8 Å². The molecule has 0 fully saturated rings. The largest absolute Gasteiger partial charge is 0.348 e.